The lowest BCUT2D eigenvalue weighted by atomic mass is 9.88. The minimum Gasteiger partial charge on any atom is -0.384 e. The summed E-state index contributed by atoms with van der Waals surface area (Å²) >= 11 is 0. The molecular weight excluding hydrogens is 495 g/mol. The topological polar surface area (TPSA) is 111 Å². The van der Waals surface area contributed by atoms with Gasteiger partial charge in [0.1, 0.15) is 23.1 Å². The van der Waals surface area contributed by atoms with Crippen LogP contribution in [0.5, 0.6) is 0 Å². The van der Waals surface area contributed by atoms with Crippen molar-refractivity contribution in [3.8, 4) is 27.9 Å². The van der Waals surface area contributed by atoms with Gasteiger partial charge < -0.3 is 10.8 Å². The van der Waals surface area contributed by atoms with E-state index in [2.05, 4.69) is 9.97 Å². The van der Waals surface area contributed by atoms with Crippen molar-refractivity contribution in [2.24, 2.45) is 5.73 Å². The number of primary amides is 1. The van der Waals surface area contributed by atoms with Crippen LogP contribution in [0, 0.1) is 12.7 Å². The Morgan fingerprint density at radius 2 is 1.82 bits per heavy atom. The van der Waals surface area contributed by atoms with Crippen molar-refractivity contribution in [3.05, 3.63) is 111 Å². The molecule has 0 aliphatic heterocycles. The van der Waals surface area contributed by atoms with Crippen LogP contribution in [-0.4, -0.2) is 25.5 Å². The van der Waals surface area contributed by atoms with Crippen molar-refractivity contribution in [1.82, 2.24) is 14.5 Å². The number of aliphatic hydroxyl groups is 1. The number of pyridine rings is 1. The van der Waals surface area contributed by atoms with Crippen molar-refractivity contribution < 1.29 is 14.3 Å². The van der Waals surface area contributed by atoms with Gasteiger partial charge in [-0.3, -0.25) is 19.1 Å². The van der Waals surface area contributed by atoms with Crippen LogP contribution < -0.4 is 11.3 Å². The van der Waals surface area contributed by atoms with Crippen LogP contribution in [0.3, 0.4) is 0 Å². The van der Waals surface area contributed by atoms with E-state index in [-0.39, 0.29) is 10.9 Å². The monoisotopic (exact) mass is 520 g/mol. The molecule has 0 unspecified atom stereocenters. The van der Waals surface area contributed by atoms with Crippen molar-refractivity contribution in [3.63, 3.8) is 0 Å². The predicted molar refractivity (Wildman–Crippen MR) is 147 cm³/mol. The van der Waals surface area contributed by atoms with E-state index in [0.29, 0.717) is 23.4 Å². The lowest BCUT2D eigenvalue weighted by Crippen LogP contribution is -2.20. The van der Waals surface area contributed by atoms with E-state index in [1.165, 1.54) is 23.0 Å². The first-order valence-electron chi connectivity index (χ1n) is 12.5. The average Bonchev–Trinajstić information content (AvgIpc) is 3.27. The van der Waals surface area contributed by atoms with Gasteiger partial charge in [-0.2, -0.15) is 0 Å². The zero-order valence-electron chi connectivity index (χ0n) is 21.6. The van der Waals surface area contributed by atoms with Crippen LogP contribution in [0.25, 0.3) is 38.8 Å². The largest absolute Gasteiger partial charge is 0.384 e. The number of halogens is 1. The fourth-order valence-corrected chi connectivity index (χ4v) is 5.45. The third-order valence-corrected chi connectivity index (χ3v) is 7.42. The van der Waals surface area contributed by atoms with E-state index < -0.39 is 22.9 Å². The van der Waals surface area contributed by atoms with Gasteiger partial charge in [0.15, 0.2) is 0 Å². The SMILES string of the molecule is Cc1c(-c2ccc(C(N)=O)c3c2-c2cc(C(C)(C)O)ncc2C3)cccc1-n1cnc2cccc(F)c2c1=O. The van der Waals surface area contributed by atoms with E-state index in [9.17, 15) is 19.1 Å². The molecule has 0 saturated heterocycles. The minimum atomic E-state index is -1.16. The van der Waals surface area contributed by atoms with Gasteiger partial charge >= 0.3 is 0 Å². The van der Waals surface area contributed by atoms with Crippen LogP contribution in [0.1, 0.15) is 46.6 Å². The van der Waals surface area contributed by atoms with Gasteiger partial charge in [0.2, 0.25) is 5.91 Å². The maximum atomic E-state index is 14.6. The number of benzene rings is 3. The van der Waals surface area contributed by atoms with Gasteiger partial charge in [0.25, 0.3) is 5.56 Å². The number of aromatic nitrogens is 3. The Morgan fingerprint density at radius 3 is 2.56 bits per heavy atom. The molecule has 39 heavy (non-hydrogen) atoms. The van der Waals surface area contributed by atoms with E-state index in [1.54, 1.807) is 38.2 Å². The van der Waals surface area contributed by atoms with Crippen LogP contribution in [0.4, 0.5) is 4.39 Å². The smallest absolute Gasteiger partial charge is 0.268 e. The minimum absolute atomic E-state index is 0.0721. The number of hydrogen-bond acceptors (Lipinski definition) is 5. The number of hydrogen-bond donors (Lipinski definition) is 2. The molecule has 0 atom stereocenters. The Bertz CT molecular complexity index is 1900. The zero-order valence-corrected chi connectivity index (χ0v) is 21.6. The van der Waals surface area contributed by atoms with Gasteiger partial charge in [-0.25, -0.2) is 9.37 Å². The van der Waals surface area contributed by atoms with E-state index in [4.69, 9.17) is 5.73 Å². The molecule has 1 amide bonds. The summed E-state index contributed by atoms with van der Waals surface area (Å²) < 4.78 is 15.9. The molecule has 0 saturated carbocycles. The third kappa shape index (κ3) is 3.83. The number of nitrogens with zero attached hydrogens (tertiary/aromatic N) is 3. The molecule has 0 radical (unpaired) electrons. The number of rotatable bonds is 4. The van der Waals surface area contributed by atoms with Crippen molar-refractivity contribution >= 4 is 16.8 Å². The molecule has 5 aromatic rings. The molecule has 0 spiro atoms. The molecule has 3 aromatic carbocycles. The maximum absolute atomic E-state index is 14.6. The predicted octanol–water partition coefficient (Wildman–Crippen LogP) is 4.79. The first-order valence-corrected chi connectivity index (χ1v) is 12.5. The first-order chi connectivity index (χ1) is 18.6. The summed E-state index contributed by atoms with van der Waals surface area (Å²) in [6.45, 7) is 5.23. The molecule has 194 valence electrons. The first kappa shape index (κ1) is 24.6. The number of nitrogens with two attached hydrogens (primary N) is 1. The highest BCUT2D eigenvalue weighted by Gasteiger charge is 2.30. The summed E-state index contributed by atoms with van der Waals surface area (Å²) in [5.74, 6) is -1.15. The van der Waals surface area contributed by atoms with Crippen LogP contribution in [0.2, 0.25) is 0 Å². The fraction of sp³-hybridized carbons (Fsp3) is 0.161. The van der Waals surface area contributed by atoms with Gasteiger partial charge in [-0.05, 0) is 90.0 Å². The molecule has 2 heterocycles. The summed E-state index contributed by atoms with van der Waals surface area (Å²) in [5, 5.41) is 10.6. The summed E-state index contributed by atoms with van der Waals surface area (Å²) in [6.07, 6.45) is 3.62. The van der Waals surface area contributed by atoms with Crippen molar-refractivity contribution in [1.29, 1.82) is 0 Å². The third-order valence-electron chi connectivity index (χ3n) is 7.42. The molecule has 2 aromatic heterocycles. The molecule has 8 heteroatoms. The highest BCUT2D eigenvalue weighted by atomic mass is 19.1. The lowest BCUT2D eigenvalue weighted by molar-refractivity contribution is 0.0739. The van der Waals surface area contributed by atoms with Gasteiger partial charge in [-0.1, -0.05) is 24.3 Å². The van der Waals surface area contributed by atoms with Crippen LogP contribution in [-0.2, 0) is 12.0 Å². The highest BCUT2D eigenvalue weighted by Crippen LogP contribution is 2.46. The molecule has 0 fully saturated rings. The Balaban J connectivity index is 1.61. The van der Waals surface area contributed by atoms with Crippen LogP contribution >= 0.6 is 0 Å². The normalized spacial score (nSPS) is 12.4. The fourth-order valence-electron chi connectivity index (χ4n) is 5.45. The molecular formula is C31H25FN4O3. The van der Waals surface area contributed by atoms with Gasteiger partial charge in [0, 0.05) is 18.2 Å². The van der Waals surface area contributed by atoms with Crippen molar-refractivity contribution in [2.75, 3.05) is 0 Å². The quantitative estimate of drug-likeness (QED) is 0.347. The number of carbonyl (C=O) groups excluding carboxylic acids is 1. The Morgan fingerprint density at radius 1 is 1.05 bits per heavy atom. The standard InChI is InChI=1S/C31H25FN4O3/c1-16-18(6-4-9-25(16)36-15-35-24-8-5-7-23(32)28(24)30(36)38)19-10-11-20(29(33)37)22-12-17-14-34-26(31(2,3)39)13-21(17)27(19)22/h4-11,13-15,39H,12H2,1-3H3,(H2,33,37). The Hall–Kier alpha value is -4.69. The highest BCUT2D eigenvalue weighted by molar-refractivity contribution is 6.02. The van der Waals surface area contributed by atoms with Crippen LogP contribution in [0.15, 0.2) is 71.9 Å². The Kier molecular flexibility index (Phi) is 5.48. The number of carbonyl (C=O) groups is 1. The molecule has 1 aliphatic carbocycles. The average molecular weight is 521 g/mol. The second-order valence-corrected chi connectivity index (χ2v) is 10.3. The number of fused-ring (bicyclic) bond motifs is 4. The second kappa shape index (κ2) is 8.68. The zero-order chi connectivity index (χ0) is 27.6. The van der Waals surface area contributed by atoms with E-state index in [1.807, 2.05) is 31.2 Å². The molecule has 7 nitrogen and oxygen atoms in total. The summed E-state index contributed by atoms with van der Waals surface area (Å²) in [4.78, 5) is 34.5. The lowest BCUT2D eigenvalue weighted by Gasteiger charge is -2.19. The van der Waals surface area contributed by atoms with Gasteiger partial charge in [0.05, 0.1) is 16.9 Å². The Labute approximate surface area is 223 Å². The van der Waals surface area contributed by atoms with E-state index >= 15 is 0 Å². The van der Waals surface area contributed by atoms with Gasteiger partial charge in [-0.15, -0.1) is 0 Å². The summed E-state index contributed by atoms with van der Waals surface area (Å²) in [5.41, 5.74) is 11.7. The summed E-state index contributed by atoms with van der Waals surface area (Å²) in [6, 6.07) is 15.4. The maximum Gasteiger partial charge on any atom is 0.268 e. The number of amides is 1. The second-order valence-electron chi connectivity index (χ2n) is 10.3. The molecule has 0 bridgehead atoms. The van der Waals surface area contributed by atoms with Crippen molar-refractivity contribution in [2.45, 2.75) is 32.8 Å². The molecule has 1 aliphatic rings. The molecule has 3 N–H and O–H groups in total. The summed E-state index contributed by atoms with van der Waals surface area (Å²) in [7, 11) is 0. The van der Waals surface area contributed by atoms with E-state index in [0.717, 1.165) is 38.9 Å². The molecule has 6 rings (SSSR count).